The number of piperazine rings is 1. The second-order valence-corrected chi connectivity index (χ2v) is 8.49. The molecule has 4 rings (SSSR count). The molecular formula is C21H21FN4O4S. The molecule has 0 atom stereocenters. The van der Waals surface area contributed by atoms with Crippen molar-refractivity contribution in [1.29, 1.82) is 0 Å². The van der Waals surface area contributed by atoms with Gasteiger partial charge in [-0.05, 0) is 36.6 Å². The maximum atomic E-state index is 14.4. The van der Waals surface area contributed by atoms with E-state index in [4.69, 9.17) is 0 Å². The van der Waals surface area contributed by atoms with Crippen molar-refractivity contribution < 1.29 is 23.6 Å². The molecule has 8 nitrogen and oxygen atoms in total. The number of carbonyl (C=O) groups excluding carboxylic acids is 4. The highest BCUT2D eigenvalue weighted by atomic mass is 32.1. The van der Waals surface area contributed by atoms with Crippen molar-refractivity contribution in [3.05, 3.63) is 52.0 Å². The summed E-state index contributed by atoms with van der Waals surface area (Å²) in [6.45, 7) is 3.44. The highest BCUT2D eigenvalue weighted by Gasteiger charge is 2.45. The van der Waals surface area contributed by atoms with Crippen molar-refractivity contribution in [3.8, 4) is 0 Å². The number of urea groups is 1. The van der Waals surface area contributed by atoms with Crippen LogP contribution in [0.1, 0.15) is 22.2 Å². The number of halogens is 1. The maximum absolute atomic E-state index is 14.4. The number of imide groups is 2. The summed E-state index contributed by atoms with van der Waals surface area (Å²) in [5, 5.41) is 1.84. The lowest BCUT2D eigenvalue weighted by Gasteiger charge is -2.37. The lowest BCUT2D eigenvalue weighted by Crippen LogP contribution is -2.51. The molecule has 2 aromatic rings. The summed E-state index contributed by atoms with van der Waals surface area (Å²) in [6, 6.07) is 7.44. The molecule has 31 heavy (non-hydrogen) atoms. The quantitative estimate of drug-likeness (QED) is 0.386. The Morgan fingerprint density at radius 1 is 1.03 bits per heavy atom. The van der Waals surface area contributed by atoms with Crippen LogP contribution in [0.2, 0.25) is 0 Å². The van der Waals surface area contributed by atoms with Gasteiger partial charge in [-0.1, -0.05) is 6.07 Å². The Labute approximate surface area is 182 Å². The van der Waals surface area contributed by atoms with E-state index < -0.39 is 23.7 Å². The van der Waals surface area contributed by atoms with Crippen LogP contribution in [0.3, 0.4) is 0 Å². The van der Waals surface area contributed by atoms with E-state index in [0.717, 1.165) is 14.7 Å². The van der Waals surface area contributed by atoms with E-state index in [0.29, 0.717) is 37.4 Å². The van der Waals surface area contributed by atoms with Gasteiger partial charge in [0.25, 0.3) is 0 Å². The lowest BCUT2D eigenvalue weighted by molar-refractivity contribution is -0.144. The van der Waals surface area contributed by atoms with Gasteiger partial charge in [0.2, 0.25) is 0 Å². The Morgan fingerprint density at radius 2 is 1.74 bits per heavy atom. The van der Waals surface area contributed by atoms with Gasteiger partial charge in [0.1, 0.15) is 5.82 Å². The molecular weight excluding hydrogens is 423 g/mol. The minimum atomic E-state index is -0.824. The number of anilines is 1. The van der Waals surface area contributed by atoms with E-state index >= 15 is 0 Å². The fourth-order valence-corrected chi connectivity index (χ4v) is 4.38. The highest BCUT2D eigenvalue weighted by Crippen LogP contribution is 2.23. The van der Waals surface area contributed by atoms with Crippen LogP contribution in [0.25, 0.3) is 0 Å². The van der Waals surface area contributed by atoms with Crippen LogP contribution in [0.4, 0.5) is 14.9 Å². The molecule has 0 radical (unpaired) electrons. The Morgan fingerprint density at radius 3 is 2.35 bits per heavy atom. The first-order valence-corrected chi connectivity index (χ1v) is 10.7. The zero-order valence-corrected chi connectivity index (χ0v) is 17.7. The number of hydrogen-bond donors (Lipinski definition) is 0. The number of hydrogen-bond acceptors (Lipinski definition) is 7. The molecule has 0 N–H and O–H groups in total. The second-order valence-electron chi connectivity index (χ2n) is 7.46. The van der Waals surface area contributed by atoms with Crippen molar-refractivity contribution in [2.24, 2.45) is 0 Å². The summed E-state index contributed by atoms with van der Waals surface area (Å²) in [7, 11) is 0. The molecule has 0 aliphatic carbocycles. The van der Waals surface area contributed by atoms with E-state index in [-0.39, 0.29) is 19.0 Å². The SMILES string of the molecule is CC(=O)c1ccc(N2CCN(CN3C(=O)C(=O)N(Cc4cccs4)C3=O)CC2)c(F)c1. The first-order chi connectivity index (χ1) is 14.8. The molecule has 0 unspecified atom stereocenters. The average molecular weight is 444 g/mol. The van der Waals surface area contributed by atoms with Gasteiger partial charge in [-0.15, -0.1) is 11.3 Å². The summed E-state index contributed by atoms with van der Waals surface area (Å²) in [4.78, 5) is 55.2. The fraction of sp³-hybridized carbons (Fsp3) is 0.333. The Balaban J connectivity index is 1.36. The smallest absolute Gasteiger partial charge is 0.335 e. The van der Waals surface area contributed by atoms with Crippen LogP contribution in [-0.4, -0.2) is 71.2 Å². The van der Waals surface area contributed by atoms with Gasteiger partial charge in [-0.25, -0.2) is 14.1 Å². The van der Waals surface area contributed by atoms with E-state index in [9.17, 15) is 23.6 Å². The largest absolute Gasteiger partial charge is 0.367 e. The molecule has 0 spiro atoms. The third kappa shape index (κ3) is 4.21. The van der Waals surface area contributed by atoms with E-state index in [1.807, 2.05) is 21.2 Å². The molecule has 162 valence electrons. The van der Waals surface area contributed by atoms with Crippen molar-refractivity contribution in [2.45, 2.75) is 13.5 Å². The summed E-state index contributed by atoms with van der Waals surface area (Å²) >= 11 is 1.41. The summed E-state index contributed by atoms with van der Waals surface area (Å²) in [6.07, 6.45) is 0. The van der Waals surface area contributed by atoms with Crippen LogP contribution >= 0.6 is 11.3 Å². The minimum Gasteiger partial charge on any atom is -0.367 e. The number of carbonyl (C=O) groups is 4. The number of benzene rings is 1. The molecule has 0 saturated carbocycles. The molecule has 2 aliphatic rings. The van der Waals surface area contributed by atoms with Gasteiger partial charge in [0, 0.05) is 36.6 Å². The molecule has 1 aromatic heterocycles. The summed E-state index contributed by atoms with van der Waals surface area (Å²) in [5.74, 6) is -2.29. The maximum Gasteiger partial charge on any atom is 0.335 e. The molecule has 2 fully saturated rings. The van der Waals surface area contributed by atoms with Gasteiger partial charge < -0.3 is 4.90 Å². The van der Waals surface area contributed by atoms with Gasteiger partial charge in [0.15, 0.2) is 5.78 Å². The number of Topliss-reactive ketones (excluding diaryl/α,β-unsaturated/α-hetero) is 1. The summed E-state index contributed by atoms with van der Waals surface area (Å²) < 4.78 is 14.4. The molecule has 2 saturated heterocycles. The van der Waals surface area contributed by atoms with Crippen molar-refractivity contribution in [2.75, 3.05) is 37.7 Å². The third-order valence-electron chi connectivity index (χ3n) is 5.44. The van der Waals surface area contributed by atoms with Crippen LogP contribution in [0.15, 0.2) is 35.7 Å². The zero-order chi connectivity index (χ0) is 22.1. The van der Waals surface area contributed by atoms with Crippen molar-refractivity contribution >= 4 is 40.7 Å². The minimum absolute atomic E-state index is 0.0178. The zero-order valence-electron chi connectivity index (χ0n) is 16.9. The highest BCUT2D eigenvalue weighted by molar-refractivity contribution is 7.09. The Hall–Kier alpha value is -3.11. The second kappa shape index (κ2) is 8.56. The van der Waals surface area contributed by atoms with Gasteiger partial charge in [-0.2, -0.15) is 0 Å². The number of nitrogens with zero attached hydrogens (tertiary/aromatic N) is 4. The fourth-order valence-electron chi connectivity index (χ4n) is 3.69. The van der Waals surface area contributed by atoms with Crippen LogP contribution in [-0.2, 0) is 16.1 Å². The topological polar surface area (TPSA) is 81.2 Å². The number of ketones is 1. The molecule has 1 aromatic carbocycles. The first kappa shape index (κ1) is 21.1. The predicted molar refractivity (Wildman–Crippen MR) is 112 cm³/mol. The average Bonchev–Trinajstić information content (AvgIpc) is 3.34. The monoisotopic (exact) mass is 444 g/mol. The molecule has 10 heteroatoms. The van der Waals surface area contributed by atoms with Crippen LogP contribution < -0.4 is 4.90 Å². The third-order valence-corrected chi connectivity index (χ3v) is 6.30. The Kier molecular flexibility index (Phi) is 5.84. The number of rotatable bonds is 6. The van der Waals surface area contributed by atoms with E-state index in [1.54, 1.807) is 18.2 Å². The number of amides is 4. The lowest BCUT2D eigenvalue weighted by atomic mass is 10.1. The van der Waals surface area contributed by atoms with E-state index in [1.165, 1.54) is 24.3 Å². The van der Waals surface area contributed by atoms with Crippen LogP contribution in [0, 0.1) is 5.82 Å². The van der Waals surface area contributed by atoms with E-state index in [2.05, 4.69) is 0 Å². The Bertz CT molecular complexity index is 1030. The molecule has 0 bridgehead atoms. The first-order valence-electron chi connectivity index (χ1n) is 9.82. The van der Waals surface area contributed by atoms with Gasteiger partial charge in [0.05, 0.1) is 18.9 Å². The molecule has 4 amide bonds. The van der Waals surface area contributed by atoms with Crippen molar-refractivity contribution in [1.82, 2.24) is 14.7 Å². The van der Waals surface area contributed by atoms with Gasteiger partial charge in [-0.3, -0.25) is 24.2 Å². The molecule has 2 aliphatic heterocycles. The van der Waals surface area contributed by atoms with Crippen molar-refractivity contribution in [3.63, 3.8) is 0 Å². The van der Waals surface area contributed by atoms with Gasteiger partial charge >= 0.3 is 17.8 Å². The standard InChI is InChI=1S/C21H21FN4O4S/c1-14(27)15-4-5-18(17(22)11-15)24-8-6-23(7-9-24)13-26-20(29)19(28)25(21(26)30)12-16-3-2-10-31-16/h2-5,10-11H,6-9,12-13H2,1H3. The predicted octanol–water partition coefficient (Wildman–Crippen LogP) is 2.16. The number of thiophene rings is 1. The van der Waals surface area contributed by atoms with Crippen LogP contribution in [0.5, 0.6) is 0 Å². The summed E-state index contributed by atoms with van der Waals surface area (Å²) in [5.41, 5.74) is 0.734. The molecule has 3 heterocycles. The normalized spacial score (nSPS) is 17.7.